The Morgan fingerprint density at radius 1 is 0.682 bits per heavy atom. The van der Waals surface area contributed by atoms with Gasteiger partial charge in [-0.05, 0) is 74.2 Å². The molecule has 1 aliphatic rings. The summed E-state index contributed by atoms with van der Waals surface area (Å²) in [6.45, 7) is 8.33. The van der Waals surface area contributed by atoms with Crippen LogP contribution < -0.4 is 4.74 Å². The molecule has 0 N–H and O–H groups in total. The van der Waals surface area contributed by atoms with Gasteiger partial charge in [0.05, 0.1) is 11.1 Å². The molecule has 0 aliphatic carbocycles. The maximum absolute atomic E-state index is 6.15. The van der Waals surface area contributed by atoms with E-state index in [1.54, 1.807) is 14.2 Å². The molecule has 22 heavy (non-hydrogen) atoms. The molecule has 3 heteroatoms. The molecule has 0 saturated carbocycles. The van der Waals surface area contributed by atoms with Crippen LogP contribution in [0.4, 0.5) is 0 Å². The van der Waals surface area contributed by atoms with E-state index in [2.05, 4.69) is 52.0 Å². The summed E-state index contributed by atoms with van der Waals surface area (Å²) in [5.74, 6) is 0.657. The number of hydrogen-bond acceptors (Lipinski definition) is 3. The molecule has 0 radical (unpaired) electrons. The molecule has 0 saturated heterocycles. The van der Waals surface area contributed by atoms with Gasteiger partial charge in [-0.3, -0.25) is 0 Å². The van der Waals surface area contributed by atoms with Gasteiger partial charge in [0.1, 0.15) is 11.5 Å². The number of aryl methyl sites for hydroxylation is 4. The summed E-state index contributed by atoms with van der Waals surface area (Å²) < 4.78 is 17.9. The van der Waals surface area contributed by atoms with E-state index in [1.165, 1.54) is 22.3 Å². The smallest absolute Gasteiger partial charge is 0.229 e. The first-order valence-electron chi connectivity index (χ1n) is 7.44. The molecular weight excluding hydrogens is 276 g/mol. The molecule has 0 bridgehead atoms. The van der Waals surface area contributed by atoms with Crippen molar-refractivity contribution in [3.8, 4) is 11.5 Å². The molecule has 0 amide bonds. The fraction of sp³-hybridized carbons (Fsp3) is 0.368. The highest BCUT2D eigenvalue weighted by Gasteiger charge is 2.43. The van der Waals surface area contributed by atoms with Gasteiger partial charge in [-0.25, -0.2) is 0 Å². The van der Waals surface area contributed by atoms with Crippen LogP contribution in [0.2, 0.25) is 0 Å². The normalized spacial score (nSPS) is 15.0. The van der Waals surface area contributed by atoms with Crippen molar-refractivity contribution in [2.45, 2.75) is 33.5 Å². The first kappa shape index (κ1) is 15.1. The van der Waals surface area contributed by atoms with Gasteiger partial charge >= 0.3 is 0 Å². The number of benzene rings is 2. The average Bonchev–Trinajstić information content (AvgIpc) is 2.49. The van der Waals surface area contributed by atoms with E-state index in [9.17, 15) is 0 Å². The number of fused-ring (bicyclic) bond motifs is 2. The Bertz CT molecular complexity index is 683. The molecule has 0 atom stereocenters. The Hall–Kier alpha value is -1.84. The molecule has 116 valence electrons. The second kappa shape index (κ2) is 5.11. The van der Waals surface area contributed by atoms with Crippen molar-refractivity contribution in [1.82, 2.24) is 0 Å². The number of methoxy groups -OCH3 is 2. The molecule has 2 aromatic rings. The number of ether oxygens (including phenoxy) is 3. The largest absolute Gasteiger partial charge is 0.456 e. The van der Waals surface area contributed by atoms with Gasteiger partial charge in [0, 0.05) is 14.2 Å². The SMILES string of the molecule is COC1(OC)c2cc(C)c(C)cc2Oc2cc(C)c(C)cc21. The summed E-state index contributed by atoms with van der Waals surface area (Å²) in [7, 11) is 3.35. The van der Waals surface area contributed by atoms with Crippen molar-refractivity contribution in [3.63, 3.8) is 0 Å². The first-order valence-corrected chi connectivity index (χ1v) is 7.44. The van der Waals surface area contributed by atoms with Crippen LogP contribution in [0.15, 0.2) is 24.3 Å². The van der Waals surface area contributed by atoms with E-state index in [4.69, 9.17) is 14.2 Å². The minimum absolute atomic E-state index is 0.794. The average molecular weight is 298 g/mol. The zero-order chi connectivity index (χ0) is 16.1. The van der Waals surface area contributed by atoms with Crippen molar-refractivity contribution >= 4 is 0 Å². The highest BCUT2D eigenvalue weighted by Crippen LogP contribution is 2.50. The summed E-state index contributed by atoms with van der Waals surface area (Å²) in [6, 6.07) is 8.29. The molecule has 2 aromatic carbocycles. The summed E-state index contributed by atoms with van der Waals surface area (Å²) in [5, 5.41) is 0. The lowest BCUT2D eigenvalue weighted by Gasteiger charge is -2.38. The van der Waals surface area contributed by atoms with Crippen molar-refractivity contribution in [2.75, 3.05) is 14.2 Å². The van der Waals surface area contributed by atoms with Gasteiger partial charge in [-0.2, -0.15) is 0 Å². The zero-order valence-electron chi connectivity index (χ0n) is 14.0. The quantitative estimate of drug-likeness (QED) is 0.763. The number of rotatable bonds is 2. The lowest BCUT2D eigenvalue weighted by Crippen LogP contribution is -2.35. The Morgan fingerprint density at radius 3 is 1.41 bits per heavy atom. The van der Waals surface area contributed by atoms with Gasteiger partial charge < -0.3 is 14.2 Å². The highest BCUT2D eigenvalue weighted by molar-refractivity contribution is 5.58. The minimum atomic E-state index is -0.931. The monoisotopic (exact) mass is 298 g/mol. The van der Waals surface area contributed by atoms with Crippen molar-refractivity contribution < 1.29 is 14.2 Å². The molecule has 3 rings (SSSR count). The van der Waals surface area contributed by atoms with Gasteiger partial charge in [-0.15, -0.1) is 0 Å². The van der Waals surface area contributed by atoms with Gasteiger partial charge in [0.2, 0.25) is 5.79 Å². The summed E-state index contributed by atoms with van der Waals surface area (Å²) in [4.78, 5) is 0. The van der Waals surface area contributed by atoms with Crippen molar-refractivity contribution in [3.05, 3.63) is 57.6 Å². The lowest BCUT2D eigenvalue weighted by molar-refractivity contribution is -0.187. The van der Waals surface area contributed by atoms with E-state index >= 15 is 0 Å². The summed E-state index contributed by atoms with van der Waals surface area (Å²) in [5.41, 5.74) is 6.58. The maximum Gasteiger partial charge on any atom is 0.229 e. The highest BCUT2D eigenvalue weighted by atomic mass is 16.7. The van der Waals surface area contributed by atoms with Crippen LogP contribution in [-0.2, 0) is 15.3 Å². The van der Waals surface area contributed by atoms with Crippen LogP contribution in [-0.4, -0.2) is 14.2 Å². The van der Waals surface area contributed by atoms with E-state index in [0.29, 0.717) is 0 Å². The molecule has 1 aliphatic heterocycles. The van der Waals surface area contributed by atoms with Crippen molar-refractivity contribution in [1.29, 1.82) is 0 Å². The Balaban J connectivity index is 2.34. The maximum atomic E-state index is 6.15. The van der Waals surface area contributed by atoms with E-state index < -0.39 is 5.79 Å². The topological polar surface area (TPSA) is 27.7 Å². The molecule has 3 nitrogen and oxygen atoms in total. The van der Waals surface area contributed by atoms with Crippen molar-refractivity contribution in [2.24, 2.45) is 0 Å². The second-order valence-electron chi connectivity index (χ2n) is 5.99. The second-order valence-corrected chi connectivity index (χ2v) is 5.99. The van der Waals surface area contributed by atoms with Crippen LogP contribution in [0.1, 0.15) is 33.4 Å². The third kappa shape index (κ3) is 1.97. The van der Waals surface area contributed by atoms with Gasteiger partial charge in [0.25, 0.3) is 0 Å². The fourth-order valence-electron chi connectivity index (χ4n) is 3.05. The molecule has 1 heterocycles. The predicted molar refractivity (Wildman–Crippen MR) is 86.7 cm³/mol. The molecular formula is C19H22O3. The van der Waals surface area contributed by atoms with Gasteiger partial charge in [0.15, 0.2) is 0 Å². The summed E-state index contributed by atoms with van der Waals surface area (Å²) in [6.07, 6.45) is 0. The number of hydrogen-bond donors (Lipinski definition) is 0. The van der Waals surface area contributed by atoms with Crippen LogP contribution in [0.3, 0.4) is 0 Å². The molecule has 0 spiro atoms. The van der Waals surface area contributed by atoms with E-state index in [0.717, 1.165) is 22.6 Å². The molecule has 0 fully saturated rings. The standard InChI is InChI=1S/C19H22O3/c1-11-7-15-17(9-13(11)3)22-18-10-14(4)12(2)8-16(18)19(15,20-5)21-6/h7-10H,1-6H3. The lowest BCUT2D eigenvalue weighted by atomic mass is 9.88. The van der Waals surface area contributed by atoms with E-state index in [-0.39, 0.29) is 0 Å². The Morgan fingerprint density at radius 2 is 1.05 bits per heavy atom. The molecule has 0 unspecified atom stereocenters. The minimum Gasteiger partial charge on any atom is -0.456 e. The first-order chi connectivity index (χ1) is 10.4. The van der Waals surface area contributed by atoms with Crippen LogP contribution in [0.5, 0.6) is 11.5 Å². The Labute approximate surface area is 131 Å². The van der Waals surface area contributed by atoms with Crippen LogP contribution in [0, 0.1) is 27.7 Å². The van der Waals surface area contributed by atoms with Crippen LogP contribution >= 0.6 is 0 Å². The molecule has 0 aromatic heterocycles. The third-order valence-electron chi connectivity index (χ3n) is 4.70. The summed E-state index contributed by atoms with van der Waals surface area (Å²) >= 11 is 0. The van der Waals surface area contributed by atoms with Crippen LogP contribution in [0.25, 0.3) is 0 Å². The van der Waals surface area contributed by atoms with E-state index in [1.807, 2.05) is 0 Å². The zero-order valence-corrected chi connectivity index (χ0v) is 14.0. The van der Waals surface area contributed by atoms with Gasteiger partial charge in [-0.1, -0.05) is 0 Å². The third-order valence-corrected chi connectivity index (χ3v) is 4.70. The predicted octanol–water partition coefficient (Wildman–Crippen LogP) is 4.52. The Kier molecular flexibility index (Phi) is 3.50. The fourth-order valence-corrected chi connectivity index (χ4v) is 3.05.